The number of nitrogens with zero attached hydrogens (tertiary/aromatic N) is 1. The number of aromatic nitrogens is 1. The van der Waals surface area contributed by atoms with Crippen molar-refractivity contribution in [2.45, 2.75) is 13.5 Å². The molecule has 2 rings (SSSR count). The summed E-state index contributed by atoms with van der Waals surface area (Å²) in [5.74, 6) is -0.206. The molecule has 5 nitrogen and oxygen atoms in total. The first-order chi connectivity index (χ1) is 10.0. The van der Waals surface area contributed by atoms with Gasteiger partial charge in [0.05, 0.1) is 6.54 Å². The van der Waals surface area contributed by atoms with Gasteiger partial charge in [0.15, 0.2) is 0 Å². The number of rotatable bonds is 5. The smallest absolute Gasteiger partial charge is 0.271 e. The second kappa shape index (κ2) is 6.85. The minimum atomic E-state index is -0.283. The molecule has 1 amide bonds. The predicted molar refractivity (Wildman–Crippen MR) is 83.2 cm³/mol. The topological polar surface area (TPSA) is 65.2 Å². The first-order valence-corrected chi connectivity index (χ1v) is 6.77. The van der Waals surface area contributed by atoms with Crippen LogP contribution in [0, 0.1) is 6.92 Å². The molecule has 0 aliphatic rings. The van der Waals surface area contributed by atoms with Gasteiger partial charge < -0.3 is 10.3 Å². The maximum atomic E-state index is 11.9. The van der Waals surface area contributed by atoms with Crippen LogP contribution in [-0.4, -0.2) is 29.4 Å². The van der Waals surface area contributed by atoms with Gasteiger partial charge in [-0.15, -0.1) is 0 Å². The number of aryl methyl sites for hydroxylation is 1. The number of carbonyl (C=O) groups excluding carboxylic acids is 1. The molecule has 0 unspecified atom stereocenters. The summed E-state index contributed by atoms with van der Waals surface area (Å²) in [6, 6.07) is 13.3. The minimum Gasteiger partial charge on any atom is -0.325 e. The molecule has 0 bridgehead atoms. The number of benzene rings is 1. The normalized spacial score (nSPS) is 10.6. The summed E-state index contributed by atoms with van der Waals surface area (Å²) in [6.45, 7) is 2.70. The molecule has 0 aliphatic heterocycles. The van der Waals surface area contributed by atoms with Crippen LogP contribution >= 0.6 is 0 Å². The Labute approximate surface area is 123 Å². The maximum Gasteiger partial charge on any atom is 0.271 e. The summed E-state index contributed by atoms with van der Waals surface area (Å²) >= 11 is 0. The number of carbonyl (C=O) groups is 1. The lowest BCUT2D eigenvalue weighted by Crippen LogP contribution is -2.31. The van der Waals surface area contributed by atoms with Crippen molar-refractivity contribution in [2.24, 2.45) is 0 Å². The quantitative estimate of drug-likeness (QED) is 0.879. The van der Waals surface area contributed by atoms with Crippen LogP contribution in [0.25, 0.3) is 0 Å². The monoisotopic (exact) mass is 285 g/mol. The number of amides is 1. The summed E-state index contributed by atoms with van der Waals surface area (Å²) in [5.41, 5.74) is 1.90. The number of likely N-dealkylation sites (N-methyl/N-ethyl adjacent to an activating group) is 1. The summed E-state index contributed by atoms with van der Waals surface area (Å²) in [7, 11) is 1.87. The van der Waals surface area contributed by atoms with E-state index in [0.717, 1.165) is 11.3 Å². The molecule has 1 aromatic heterocycles. The highest BCUT2D eigenvalue weighted by molar-refractivity contribution is 5.91. The van der Waals surface area contributed by atoms with E-state index in [1.165, 1.54) is 0 Å². The van der Waals surface area contributed by atoms with Crippen LogP contribution in [-0.2, 0) is 11.3 Å². The Morgan fingerprint density at radius 1 is 1.19 bits per heavy atom. The Morgan fingerprint density at radius 3 is 2.57 bits per heavy atom. The number of nitrogens with one attached hydrogen (secondary N) is 2. The molecular formula is C16H19N3O2. The summed E-state index contributed by atoms with van der Waals surface area (Å²) in [6.07, 6.45) is 0. The molecule has 0 saturated carbocycles. The van der Waals surface area contributed by atoms with E-state index in [9.17, 15) is 9.59 Å². The molecule has 2 N–H and O–H groups in total. The first-order valence-electron chi connectivity index (χ1n) is 6.77. The fraction of sp³-hybridized carbons (Fsp3) is 0.250. The Hall–Kier alpha value is -2.40. The van der Waals surface area contributed by atoms with E-state index in [0.29, 0.717) is 6.54 Å². The fourth-order valence-electron chi connectivity index (χ4n) is 2.06. The second-order valence-corrected chi connectivity index (χ2v) is 5.09. The average Bonchev–Trinajstić information content (AvgIpc) is 2.43. The lowest BCUT2D eigenvalue weighted by molar-refractivity contribution is -0.117. The zero-order valence-corrected chi connectivity index (χ0v) is 12.2. The highest BCUT2D eigenvalue weighted by Crippen LogP contribution is 2.03. The van der Waals surface area contributed by atoms with Crippen molar-refractivity contribution in [2.75, 3.05) is 18.9 Å². The van der Waals surface area contributed by atoms with Crippen molar-refractivity contribution < 1.29 is 4.79 Å². The molecule has 21 heavy (non-hydrogen) atoms. The van der Waals surface area contributed by atoms with Gasteiger partial charge in [0.1, 0.15) is 5.69 Å². The number of hydrogen-bond donors (Lipinski definition) is 2. The molecule has 2 aromatic rings. The maximum absolute atomic E-state index is 11.9. The number of hydrogen-bond acceptors (Lipinski definition) is 3. The van der Waals surface area contributed by atoms with Gasteiger partial charge in [0.2, 0.25) is 5.91 Å². The van der Waals surface area contributed by atoms with Crippen molar-refractivity contribution in [3.8, 4) is 0 Å². The standard InChI is InChI=1S/C16H19N3O2/c1-12-8-9-14(16(21)17-12)18-15(20)11-19(2)10-13-6-4-3-5-7-13/h3-9H,10-11H2,1-2H3,(H,17,21)(H,18,20). The third-order valence-electron chi connectivity index (χ3n) is 3.04. The number of anilines is 1. The van der Waals surface area contributed by atoms with E-state index in [4.69, 9.17) is 0 Å². The lowest BCUT2D eigenvalue weighted by atomic mass is 10.2. The van der Waals surface area contributed by atoms with Gasteiger partial charge in [-0.1, -0.05) is 30.3 Å². The SMILES string of the molecule is Cc1ccc(NC(=O)CN(C)Cc2ccccc2)c(=O)[nH]1. The second-order valence-electron chi connectivity index (χ2n) is 5.09. The third kappa shape index (κ3) is 4.57. The van der Waals surface area contributed by atoms with E-state index in [1.807, 2.05) is 42.3 Å². The van der Waals surface area contributed by atoms with Crippen LogP contribution in [0.1, 0.15) is 11.3 Å². The van der Waals surface area contributed by atoms with Gasteiger partial charge in [-0.05, 0) is 31.7 Å². The molecule has 0 fully saturated rings. The van der Waals surface area contributed by atoms with Crippen LogP contribution in [0.3, 0.4) is 0 Å². The van der Waals surface area contributed by atoms with Crippen molar-refractivity contribution in [3.05, 3.63) is 64.1 Å². The molecule has 0 radical (unpaired) electrons. The molecule has 110 valence electrons. The lowest BCUT2D eigenvalue weighted by Gasteiger charge is -2.16. The van der Waals surface area contributed by atoms with E-state index in [-0.39, 0.29) is 23.7 Å². The first kappa shape index (κ1) is 15.0. The third-order valence-corrected chi connectivity index (χ3v) is 3.04. The Balaban J connectivity index is 1.91. The largest absolute Gasteiger partial charge is 0.325 e. The van der Waals surface area contributed by atoms with Crippen LogP contribution in [0.5, 0.6) is 0 Å². The van der Waals surface area contributed by atoms with Crippen molar-refractivity contribution >= 4 is 11.6 Å². The van der Waals surface area contributed by atoms with E-state index in [1.54, 1.807) is 19.1 Å². The molecule has 0 atom stereocenters. The molecule has 5 heteroatoms. The van der Waals surface area contributed by atoms with Crippen LogP contribution < -0.4 is 10.9 Å². The summed E-state index contributed by atoms with van der Waals surface area (Å²) in [5, 5.41) is 2.63. The zero-order chi connectivity index (χ0) is 15.2. The van der Waals surface area contributed by atoms with Crippen molar-refractivity contribution in [3.63, 3.8) is 0 Å². The molecule has 0 saturated heterocycles. The van der Waals surface area contributed by atoms with Gasteiger partial charge in [0, 0.05) is 12.2 Å². The number of aromatic amines is 1. The molecular weight excluding hydrogens is 266 g/mol. The Bertz CT molecular complexity index is 665. The van der Waals surface area contributed by atoms with E-state index < -0.39 is 0 Å². The number of H-pyrrole nitrogens is 1. The van der Waals surface area contributed by atoms with Gasteiger partial charge in [-0.3, -0.25) is 14.5 Å². The highest BCUT2D eigenvalue weighted by Gasteiger charge is 2.09. The van der Waals surface area contributed by atoms with Crippen LogP contribution in [0.15, 0.2) is 47.3 Å². The molecule has 0 aliphatic carbocycles. The average molecular weight is 285 g/mol. The highest BCUT2D eigenvalue weighted by atomic mass is 16.2. The van der Waals surface area contributed by atoms with Crippen LogP contribution in [0.4, 0.5) is 5.69 Å². The summed E-state index contributed by atoms with van der Waals surface area (Å²) in [4.78, 5) is 28.2. The summed E-state index contributed by atoms with van der Waals surface area (Å²) < 4.78 is 0. The van der Waals surface area contributed by atoms with E-state index in [2.05, 4.69) is 10.3 Å². The number of pyridine rings is 1. The molecule has 0 spiro atoms. The minimum absolute atomic E-state index is 0.206. The molecule has 1 aromatic carbocycles. The fourth-order valence-corrected chi connectivity index (χ4v) is 2.06. The molecule has 1 heterocycles. The predicted octanol–water partition coefficient (Wildman–Crippen LogP) is 1.75. The van der Waals surface area contributed by atoms with Gasteiger partial charge in [-0.25, -0.2) is 0 Å². The van der Waals surface area contributed by atoms with E-state index >= 15 is 0 Å². The van der Waals surface area contributed by atoms with Gasteiger partial charge in [0.25, 0.3) is 5.56 Å². The van der Waals surface area contributed by atoms with Crippen LogP contribution in [0.2, 0.25) is 0 Å². The Kier molecular flexibility index (Phi) is 4.90. The van der Waals surface area contributed by atoms with Gasteiger partial charge in [-0.2, -0.15) is 0 Å². The van der Waals surface area contributed by atoms with Crippen molar-refractivity contribution in [1.29, 1.82) is 0 Å². The van der Waals surface area contributed by atoms with Gasteiger partial charge >= 0.3 is 0 Å². The Morgan fingerprint density at radius 2 is 1.90 bits per heavy atom. The van der Waals surface area contributed by atoms with Crippen molar-refractivity contribution in [1.82, 2.24) is 9.88 Å². The zero-order valence-electron chi connectivity index (χ0n) is 12.2.